The largest absolute Gasteiger partial charge is 0.389 e. The van der Waals surface area contributed by atoms with Crippen molar-refractivity contribution >= 4 is 11.6 Å². The van der Waals surface area contributed by atoms with E-state index >= 15 is 0 Å². The molecule has 1 aromatic carbocycles. The minimum absolute atomic E-state index is 0.0819. The van der Waals surface area contributed by atoms with Crippen LogP contribution in [-0.4, -0.2) is 60.1 Å². The molecule has 0 bridgehead atoms. The molecule has 1 aliphatic rings. The van der Waals surface area contributed by atoms with Gasteiger partial charge in [0, 0.05) is 49.6 Å². The van der Waals surface area contributed by atoms with Gasteiger partial charge in [-0.15, -0.1) is 0 Å². The van der Waals surface area contributed by atoms with Crippen LogP contribution in [0.5, 0.6) is 0 Å². The van der Waals surface area contributed by atoms with Crippen molar-refractivity contribution in [1.29, 1.82) is 0 Å². The van der Waals surface area contributed by atoms with Crippen LogP contribution in [0.1, 0.15) is 22.3 Å². The number of amides is 1. The number of rotatable bonds is 5. The van der Waals surface area contributed by atoms with Gasteiger partial charge in [-0.3, -0.25) is 18.4 Å². The Balaban J connectivity index is 1.46. The zero-order valence-electron chi connectivity index (χ0n) is 18.4. The fourth-order valence-corrected chi connectivity index (χ4v) is 4.06. The van der Waals surface area contributed by atoms with Crippen LogP contribution in [0.4, 0.5) is 4.39 Å². The fourth-order valence-electron chi connectivity index (χ4n) is 4.06. The van der Waals surface area contributed by atoms with E-state index in [1.165, 1.54) is 33.6 Å². The lowest BCUT2D eigenvalue weighted by Gasteiger charge is -2.28. The van der Waals surface area contributed by atoms with Crippen molar-refractivity contribution in [3.8, 4) is 11.3 Å². The van der Waals surface area contributed by atoms with Gasteiger partial charge >= 0.3 is 5.69 Å². The summed E-state index contributed by atoms with van der Waals surface area (Å²) in [5.74, 6) is -0.973. The van der Waals surface area contributed by atoms with Crippen LogP contribution in [0.25, 0.3) is 16.9 Å². The molecule has 5 rings (SSSR count). The molecule has 1 aliphatic heterocycles. The smallest absolute Gasteiger partial charge is 0.334 e. The molecule has 11 heteroatoms. The summed E-state index contributed by atoms with van der Waals surface area (Å²) >= 11 is 0. The van der Waals surface area contributed by atoms with E-state index in [9.17, 15) is 19.1 Å². The zero-order chi connectivity index (χ0) is 23.8. The lowest BCUT2D eigenvalue weighted by molar-refractivity contribution is -0.0260. The Labute approximate surface area is 193 Å². The van der Waals surface area contributed by atoms with Gasteiger partial charge in [-0.1, -0.05) is 12.1 Å². The molecule has 0 unspecified atom stereocenters. The fraction of sp³-hybridized carbons (Fsp3) is 0.304. The number of aromatic nitrogens is 5. The van der Waals surface area contributed by atoms with Crippen LogP contribution in [-0.2, 0) is 18.3 Å². The predicted octanol–water partition coefficient (Wildman–Crippen LogP) is 0.963. The number of hydrogen-bond acceptors (Lipinski definition) is 6. The molecule has 176 valence electrons. The highest BCUT2D eigenvalue weighted by molar-refractivity contribution is 5.99. The number of aliphatic hydroxyl groups excluding tert-OH is 1. The third-order valence-electron chi connectivity index (χ3n) is 5.91. The van der Waals surface area contributed by atoms with Gasteiger partial charge in [0.2, 0.25) is 0 Å². The molecule has 0 radical (unpaired) electrons. The Bertz CT molecular complexity index is 1420. The Morgan fingerprint density at radius 1 is 1.32 bits per heavy atom. The summed E-state index contributed by atoms with van der Waals surface area (Å²) in [5.41, 5.74) is 1.42. The number of aryl methyl sites for hydroxylation is 1. The SMILES string of the molecule is Cn1ccc(-c2ccc(Cn3cc(C(=O)N[C@H]4CCOC[C@@H]4O)c4nccn4c3=O)c(F)c2)n1. The quantitative estimate of drug-likeness (QED) is 0.453. The number of aliphatic hydroxyl groups is 1. The lowest BCUT2D eigenvalue weighted by atomic mass is 10.1. The van der Waals surface area contributed by atoms with Crippen molar-refractivity contribution in [2.24, 2.45) is 7.05 Å². The van der Waals surface area contributed by atoms with Gasteiger partial charge in [0.15, 0.2) is 5.65 Å². The third-order valence-corrected chi connectivity index (χ3v) is 5.91. The second-order valence-electron chi connectivity index (χ2n) is 8.27. The summed E-state index contributed by atoms with van der Waals surface area (Å²) in [6, 6.07) is 6.02. The highest BCUT2D eigenvalue weighted by atomic mass is 19.1. The van der Waals surface area contributed by atoms with E-state index in [1.807, 2.05) is 0 Å². The van der Waals surface area contributed by atoms with E-state index in [0.29, 0.717) is 24.3 Å². The Kier molecular flexibility index (Phi) is 5.72. The monoisotopic (exact) mass is 466 g/mol. The summed E-state index contributed by atoms with van der Waals surface area (Å²) in [6.07, 6.45) is 5.65. The lowest BCUT2D eigenvalue weighted by Crippen LogP contribution is -2.49. The van der Waals surface area contributed by atoms with Crippen molar-refractivity contribution in [3.63, 3.8) is 0 Å². The number of nitrogens with zero attached hydrogens (tertiary/aromatic N) is 5. The number of halogens is 1. The predicted molar refractivity (Wildman–Crippen MR) is 120 cm³/mol. The normalized spacial score (nSPS) is 18.3. The summed E-state index contributed by atoms with van der Waals surface area (Å²) in [7, 11) is 1.78. The first-order valence-electron chi connectivity index (χ1n) is 10.8. The van der Waals surface area contributed by atoms with E-state index in [2.05, 4.69) is 15.4 Å². The standard InChI is InChI=1S/C23H23FN6O4/c1-28-7-4-18(27-28)14-2-3-15(17(24)10-14)11-29-12-16(21-25-6-8-30(21)23(29)33)22(32)26-19-5-9-34-13-20(19)31/h2-4,6-8,10,12,19-20,31H,5,9,11,13H2,1H3,(H,26,32)/t19-,20-/m0/s1. The highest BCUT2D eigenvalue weighted by Crippen LogP contribution is 2.21. The van der Waals surface area contributed by atoms with Gasteiger partial charge in [-0.05, 0) is 18.6 Å². The number of benzene rings is 1. The maximum absolute atomic E-state index is 14.9. The van der Waals surface area contributed by atoms with Gasteiger partial charge in [-0.2, -0.15) is 5.10 Å². The number of fused-ring (bicyclic) bond motifs is 1. The van der Waals surface area contributed by atoms with Crippen LogP contribution in [0.15, 0.2) is 53.8 Å². The van der Waals surface area contributed by atoms with E-state index in [1.54, 1.807) is 36.1 Å². The van der Waals surface area contributed by atoms with Gasteiger partial charge in [-0.25, -0.2) is 14.2 Å². The Hall–Kier alpha value is -3.83. The Morgan fingerprint density at radius 2 is 2.18 bits per heavy atom. The molecular weight excluding hydrogens is 443 g/mol. The summed E-state index contributed by atoms with van der Waals surface area (Å²) in [5, 5.41) is 17.2. The first-order valence-corrected chi connectivity index (χ1v) is 10.8. The van der Waals surface area contributed by atoms with Crippen LogP contribution in [0.2, 0.25) is 0 Å². The van der Waals surface area contributed by atoms with Crippen molar-refractivity contribution in [3.05, 3.63) is 76.5 Å². The van der Waals surface area contributed by atoms with E-state index in [0.717, 1.165) is 0 Å². The topological polar surface area (TPSA) is 116 Å². The molecular formula is C23H23FN6O4. The number of hydrogen-bond donors (Lipinski definition) is 2. The number of ether oxygens (including phenoxy) is 1. The second kappa shape index (κ2) is 8.84. The van der Waals surface area contributed by atoms with Crippen LogP contribution in [0, 0.1) is 5.82 Å². The molecule has 3 aromatic heterocycles. The first kappa shape index (κ1) is 22.0. The molecule has 1 saturated heterocycles. The van der Waals surface area contributed by atoms with Gasteiger partial charge in [0.05, 0.1) is 36.6 Å². The van der Waals surface area contributed by atoms with Gasteiger partial charge in [0.1, 0.15) is 5.82 Å². The van der Waals surface area contributed by atoms with Crippen LogP contribution < -0.4 is 11.0 Å². The van der Waals surface area contributed by atoms with Crippen LogP contribution in [0.3, 0.4) is 0 Å². The molecule has 1 fully saturated rings. The Morgan fingerprint density at radius 3 is 2.91 bits per heavy atom. The van der Waals surface area contributed by atoms with E-state index in [4.69, 9.17) is 4.74 Å². The molecule has 0 saturated carbocycles. The van der Waals surface area contributed by atoms with E-state index in [-0.39, 0.29) is 29.9 Å². The zero-order valence-corrected chi connectivity index (χ0v) is 18.4. The number of carbonyl (C=O) groups is 1. The molecule has 0 aliphatic carbocycles. The second-order valence-corrected chi connectivity index (χ2v) is 8.27. The molecule has 34 heavy (non-hydrogen) atoms. The van der Waals surface area contributed by atoms with Crippen molar-refractivity contribution < 1.29 is 19.0 Å². The molecule has 0 spiro atoms. The minimum Gasteiger partial charge on any atom is -0.389 e. The minimum atomic E-state index is -0.828. The summed E-state index contributed by atoms with van der Waals surface area (Å²) < 4.78 is 24.3. The number of carbonyl (C=O) groups excluding carboxylic acids is 1. The molecule has 10 nitrogen and oxygen atoms in total. The van der Waals surface area contributed by atoms with Gasteiger partial charge < -0.3 is 15.2 Å². The molecule has 4 aromatic rings. The highest BCUT2D eigenvalue weighted by Gasteiger charge is 2.27. The third kappa shape index (κ3) is 4.11. The van der Waals surface area contributed by atoms with Crippen molar-refractivity contribution in [2.45, 2.75) is 25.1 Å². The molecule has 1 amide bonds. The number of nitrogens with one attached hydrogen (secondary N) is 1. The first-order chi connectivity index (χ1) is 16.4. The average molecular weight is 466 g/mol. The maximum atomic E-state index is 14.9. The van der Waals surface area contributed by atoms with Crippen molar-refractivity contribution in [2.75, 3.05) is 13.2 Å². The van der Waals surface area contributed by atoms with E-state index < -0.39 is 29.6 Å². The number of imidazole rings is 1. The van der Waals surface area contributed by atoms with Gasteiger partial charge in [0.25, 0.3) is 5.91 Å². The summed E-state index contributed by atoms with van der Waals surface area (Å²) in [6.45, 7) is 0.479. The van der Waals surface area contributed by atoms with Crippen LogP contribution >= 0.6 is 0 Å². The molecule has 4 heterocycles. The molecule has 2 atom stereocenters. The maximum Gasteiger partial charge on any atom is 0.334 e. The average Bonchev–Trinajstić information content (AvgIpc) is 3.48. The molecule has 2 N–H and O–H groups in total. The van der Waals surface area contributed by atoms with Crippen molar-refractivity contribution in [1.82, 2.24) is 29.0 Å². The summed E-state index contributed by atoms with van der Waals surface area (Å²) in [4.78, 5) is 30.2.